The first-order valence-corrected chi connectivity index (χ1v) is 10.4. The Hall–Kier alpha value is -3.83. The second-order valence-electron chi connectivity index (χ2n) is 7.28. The van der Waals surface area contributed by atoms with Crippen LogP contribution >= 0.6 is 11.3 Å². The van der Waals surface area contributed by atoms with Crippen LogP contribution in [-0.4, -0.2) is 21.5 Å². The number of benzene rings is 3. The molecule has 30 heavy (non-hydrogen) atoms. The second kappa shape index (κ2) is 6.34. The van der Waals surface area contributed by atoms with Gasteiger partial charge in [0.1, 0.15) is 10.7 Å². The Morgan fingerprint density at radius 2 is 1.43 bits per heavy atom. The maximum Gasteiger partial charge on any atom is 0.197 e. The molecule has 0 bridgehead atoms. The van der Waals surface area contributed by atoms with E-state index < -0.39 is 0 Å². The molecule has 1 aliphatic rings. The number of aromatic amines is 1. The Kier molecular flexibility index (Phi) is 3.60. The highest BCUT2D eigenvalue weighted by Gasteiger charge is 2.33. The molecule has 0 saturated heterocycles. The second-order valence-corrected chi connectivity index (χ2v) is 8.31. The molecule has 0 saturated carbocycles. The largest absolute Gasteiger partial charge is 0.338 e. The van der Waals surface area contributed by atoms with Crippen LogP contribution in [0.3, 0.4) is 0 Å². The van der Waals surface area contributed by atoms with Crippen LogP contribution < -0.4 is 0 Å². The van der Waals surface area contributed by atoms with Crippen molar-refractivity contribution < 1.29 is 9.59 Å². The van der Waals surface area contributed by atoms with Crippen molar-refractivity contribution in [3.8, 4) is 10.4 Å². The van der Waals surface area contributed by atoms with Gasteiger partial charge < -0.3 is 4.98 Å². The van der Waals surface area contributed by atoms with Crippen molar-refractivity contribution >= 4 is 50.1 Å². The third-order valence-electron chi connectivity index (χ3n) is 5.40. The SMILES string of the molecule is O=C1C(=Cc2nc3sc(-c4ccccc4)cc3[nH]2)C(=O)c2cc3ccccc3cc21. The Labute approximate surface area is 175 Å². The highest BCUT2D eigenvalue weighted by molar-refractivity contribution is 7.21. The van der Waals surface area contributed by atoms with Crippen LogP contribution in [0, 0.1) is 0 Å². The van der Waals surface area contributed by atoms with Gasteiger partial charge in [0.05, 0.1) is 11.1 Å². The van der Waals surface area contributed by atoms with Gasteiger partial charge in [0.15, 0.2) is 11.6 Å². The van der Waals surface area contributed by atoms with Gasteiger partial charge in [0.2, 0.25) is 0 Å². The monoisotopic (exact) mass is 406 g/mol. The van der Waals surface area contributed by atoms with Crippen LogP contribution in [0.5, 0.6) is 0 Å². The molecular weight excluding hydrogens is 392 g/mol. The van der Waals surface area contributed by atoms with Crippen molar-refractivity contribution in [1.82, 2.24) is 9.97 Å². The predicted molar refractivity (Wildman–Crippen MR) is 120 cm³/mol. The minimum Gasteiger partial charge on any atom is -0.338 e. The lowest BCUT2D eigenvalue weighted by Crippen LogP contribution is -2.00. The molecule has 0 aliphatic heterocycles. The van der Waals surface area contributed by atoms with Crippen molar-refractivity contribution in [1.29, 1.82) is 0 Å². The lowest BCUT2D eigenvalue weighted by molar-refractivity contribution is 0.0990. The summed E-state index contributed by atoms with van der Waals surface area (Å²) >= 11 is 1.58. The fourth-order valence-electron chi connectivity index (χ4n) is 3.92. The third kappa shape index (κ3) is 2.56. The minimum atomic E-state index is -0.245. The first-order valence-electron chi connectivity index (χ1n) is 9.56. The standard InChI is InChI=1S/C25H14N2O2S/c28-23-17-10-15-8-4-5-9-16(15)11-18(17)24(29)19(23)12-22-26-20-13-21(30-25(20)27-22)14-6-2-1-3-7-14/h1-13H,(H,26,27). The van der Waals surface area contributed by atoms with Crippen LogP contribution in [0.4, 0.5) is 0 Å². The summed E-state index contributed by atoms with van der Waals surface area (Å²) in [5.41, 5.74) is 3.11. The first kappa shape index (κ1) is 17.1. The number of thiophene rings is 1. The summed E-state index contributed by atoms with van der Waals surface area (Å²) < 4.78 is 0. The van der Waals surface area contributed by atoms with Gasteiger partial charge in [0, 0.05) is 16.0 Å². The molecule has 0 atom stereocenters. The number of H-pyrrole nitrogens is 1. The summed E-state index contributed by atoms with van der Waals surface area (Å²) in [5, 5.41) is 1.90. The quantitative estimate of drug-likeness (QED) is 0.293. The van der Waals surface area contributed by atoms with Gasteiger partial charge in [-0.1, -0.05) is 54.6 Å². The lowest BCUT2D eigenvalue weighted by Gasteiger charge is -2.00. The number of aromatic nitrogens is 2. The molecular formula is C25H14N2O2S. The molecule has 2 heterocycles. The van der Waals surface area contributed by atoms with Crippen LogP contribution in [-0.2, 0) is 0 Å². The van der Waals surface area contributed by atoms with Crippen molar-refractivity contribution in [2.75, 3.05) is 0 Å². The van der Waals surface area contributed by atoms with E-state index in [1.54, 1.807) is 29.5 Å². The molecule has 1 N–H and O–H groups in total. The van der Waals surface area contributed by atoms with Gasteiger partial charge in [-0.2, -0.15) is 0 Å². The molecule has 4 nitrogen and oxygen atoms in total. The van der Waals surface area contributed by atoms with E-state index >= 15 is 0 Å². The Morgan fingerprint density at radius 1 is 0.800 bits per heavy atom. The number of hydrogen-bond donors (Lipinski definition) is 1. The van der Waals surface area contributed by atoms with E-state index in [4.69, 9.17) is 0 Å². The summed E-state index contributed by atoms with van der Waals surface area (Å²) in [6.07, 6.45) is 1.57. The van der Waals surface area contributed by atoms with Gasteiger partial charge in [0.25, 0.3) is 0 Å². The summed E-state index contributed by atoms with van der Waals surface area (Å²) in [6.45, 7) is 0. The minimum absolute atomic E-state index is 0.157. The molecule has 2 aromatic heterocycles. The molecule has 0 spiro atoms. The van der Waals surface area contributed by atoms with Gasteiger partial charge >= 0.3 is 0 Å². The van der Waals surface area contributed by atoms with Crippen LogP contribution in [0.2, 0.25) is 0 Å². The molecule has 3 aromatic carbocycles. The number of carbonyl (C=O) groups is 2. The van der Waals surface area contributed by atoms with Crippen molar-refractivity contribution in [3.05, 3.63) is 95.3 Å². The number of imidazole rings is 1. The molecule has 0 fully saturated rings. The van der Waals surface area contributed by atoms with Gasteiger partial charge in [-0.05, 0) is 40.6 Å². The summed E-state index contributed by atoms with van der Waals surface area (Å²) in [6, 6.07) is 23.5. The van der Waals surface area contributed by atoms with Crippen molar-refractivity contribution in [2.24, 2.45) is 0 Å². The zero-order valence-electron chi connectivity index (χ0n) is 15.7. The Balaban J connectivity index is 1.39. The zero-order valence-corrected chi connectivity index (χ0v) is 16.5. The number of nitrogens with one attached hydrogen (secondary N) is 1. The molecule has 6 rings (SSSR count). The van der Waals surface area contributed by atoms with Gasteiger partial charge in [-0.15, -0.1) is 11.3 Å². The number of nitrogens with zero attached hydrogens (tertiary/aromatic N) is 1. The van der Waals surface area contributed by atoms with E-state index in [0.29, 0.717) is 17.0 Å². The number of ketones is 2. The molecule has 0 radical (unpaired) electrons. The van der Waals surface area contributed by atoms with E-state index in [1.165, 1.54) is 0 Å². The Bertz CT molecular complexity index is 1440. The van der Waals surface area contributed by atoms with E-state index in [0.717, 1.165) is 31.6 Å². The number of rotatable bonds is 2. The highest BCUT2D eigenvalue weighted by atomic mass is 32.1. The van der Waals surface area contributed by atoms with Crippen LogP contribution in [0.25, 0.3) is 37.6 Å². The summed E-state index contributed by atoms with van der Waals surface area (Å²) in [7, 11) is 0. The molecule has 5 aromatic rings. The average molecular weight is 406 g/mol. The fraction of sp³-hybridized carbons (Fsp3) is 0. The molecule has 142 valence electrons. The summed E-state index contributed by atoms with van der Waals surface area (Å²) in [5.74, 6) is 0.0286. The van der Waals surface area contributed by atoms with Crippen molar-refractivity contribution in [2.45, 2.75) is 0 Å². The number of carbonyl (C=O) groups excluding carboxylic acids is 2. The summed E-state index contributed by atoms with van der Waals surface area (Å²) in [4.78, 5) is 35.6. The van der Waals surface area contributed by atoms with E-state index in [2.05, 4.69) is 22.1 Å². The van der Waals surface area contributed by atoms with Crippen LogP contribution in [0.1, 0.15) is 26.5 Å². The topological polar surface area (TPSA) is 62.8 Å². The van der Waals surface area contributed by atoms with Gasteiger partial charge in [-0.3, -0.25) is 9.59 Å². The number of Topliss-reactive ketones (excluding diaryl/α,β-unsaturated/α-hetero) is 2. The maximum absolute atomic E-state index is 12.9. The van der Waals surface area contributed by atoms with E-state index in [9.17, 15) is 9.59 Å². The van der Waals surface area contributed by atoms with Crippen molar-refractivity contribution in [3.63, 3.8) is 0 Å². The van der Waals surface area contributed by atoms with E-state index in [1.807, 2.05) is 48.5 Å². The molecule has 5 heteroatoms. The van der Waals surface area contributed by atoms with E-state index in [-0.39, 0.29) is 17.1 Å². The predicted octanol–water partition coefficient (Wildman–Crippen LogP) is 5.91. The third-order valence-corrected chi connectivity index (χ3v) is 6.48. The normalized spacial score (nSPS) is 13.4. The lowest BCUT2D eigenvalue weighted by atomic mass is 10.0. The number of fused-ring (bicyclic) bond motifs is 3. The number of allylic oxidation sites excluding steroid dienone is 1. The van der Waals surface area contributed by atoms with Gasteiger partial charge in [-0.25, -0.2) is 4.98 Å². The van der Waals surface area contributed by atoms with Crippen LogP contribution in [0.15, 0.2) is 78.4 Å². The Morgan fingerprint density at radius 3 is 2.07 bits per heavy atom. The number of hydrogen-bond acceptors (Lipinski definition) is 4. The molecule has 0 unspecified atom stereocenters. The molecule has 1 aliphatic carbocycles. The fourth-order valence-corrected chi connectivity index (χ4v) is 4.92. The average Bonchev–Trinajstić information content (AvgIpc) is 3.41. The molecule has 0 amide bonds. The highest BCUT2D eigenvalue weighted by Crippen LogP contribution is 2.34. The zero-order chi connectivity index (χ0) is 20.2. The smallest absolute Gasteiger partial charge is 0.197 e. The first-order chi connectivity index (χ1) is 14.7. The maximum atomic E-state index is 12.9.